The van der Waals surface area contributed by atoms with Crippen molar-refractivity contribution < 1.29 is 14.7 Å². The largest absolute Gasteiger partial charge is 0.389 e. The molecule has 0 fully saturated rings. The van der Waals surface area contributed by atoms with E-state index in [1.807, 2.05) is 25.1 Å². The number of hydrogen-bond acceptors (Lipinski definition) is 3. The molecular formula is C12H13NO3. The molecule has 84 valence electrons. The highest BCUT2D eigenvalue weighted by molar-refractivity contribution is 6.01. The van der Waals surface area contributed by atoms with Crippen molar-refractivity contribution in [2.24, 2.45) is 0 Å². The fraction of sp³-hybridized carbons (Fsp3) is 0.333. The van der Waals surface area contributed by atoms with E-state index in [0.29, 0.717) is 12.1 Å². The molecule has 1 aliphatic rings. The normalized spacial score (nSPS) is 14.1. The number of aliphatic hydroxyl groups is 1. The van der Waals surface area contributed by atoms with Gasteiger partial charge in [0.1, 0.15) is 6.61 Å². The van der Waals surface area contributed by atoms with Crippen molar-refractivity contribution >= 4 is 11.7 Å². The van der Waals surface area contributed by atoms with Crippen LogP contribution in [0.15, 0.2) is 18.2 Å². The summed E-state index contributed by atoms with van der Waals surface area (Å²) in [6.45, 7) is 1.82. The van der Waals surface area contributed by atoms with Gasteiger partial charge in [-0.3, -0.25) is 9.59 Å². The quantitative estimate of drug-likeness (QED) is 0.806. The lowest BCUT2D eigenvalue weighted by atomic mass is 10.0. The fourth-order valence-electron chi connectivity index (χ4n) is 1.99. The van der Waals surface area contributed by atoms with Gasteiger partial charge in [-0.1, -0.05) is 18.2 Å². The lowest BCUT2D eigenvalue weighted by Gasteiger charge is -2.13. The van der Waals surface area contributed by atoms with E-state index in [9.17, 15) is 9.59 Å². The molecule has 1 aromatic carbocycles. The second kappa shape index (κ2) is 4.06. The molecule has 4 nitrogen and oxygen atoms in total. The molecule has 0 atom stereocenters. The maximum atomic E-state index is 12.0. The van der Waals surface area contributed by atoms with Crippen molar-refractivity contribution in [2.45, 2.75) is 13.5 Å². The summed E-state index contributed by atoms with van der Waals surface area (Å²) in [7, 11) is 0. The maximum absolute atomic E-state index is 12.0. The molecule has 0 saturated carbocycles. The molecule has 0 aliphatic carbocycles. The van der Waals surface area contributed by atoms with Crippen molar-refractivity contribution in [3.63, 3.8) is 0 Å². The highest BCUT2D eigenvalue weighted by atomic mass is 16.3. The number of amides is 1. The van der Waals surface area contributed by atoms with Crippen molar-refractivity contribution in [3.05, 3.63) is 34.9 Å². The Hall–Kier alpha value is -1.68. The summed E-state index contributed by atoms with van der Waals surface area (Å²) in [6, 6.07) is 5.68. The van der Waals surface area contributed by atoms with Crippen LogP contribution in [0.25, 0.3) is 0 Å². The Bertz CT molecular complexity index is 454. The molecule has 0 aromatic heterocycles. The third kappa shape index (κ3) is 1.72. The average molecular weight is 219 g/mol. The molecule has 1 heterocycles. The summed E-state index contributed by atoms with van der Waals surface area (Å²) in [5.41, 5.74) is 2.59. The van der Waals surface area contributed by atoms with Crippen LogP contribution in [0.2, 0.25) is 0 Å². The molecule has 2 rings (SSSR count). The van der Waals surface area contributed by atoms with Crippen LogP contribution in [-0.4, -0.2) is 34.8 Å². The number of aliphatic hydroxyl groups excluding tert-OH is 1. The van der Waals surface area contributed by atoms with E-state index in [1.54, 1.807) is 0 Å². The van der Waals surface area contributed by atoms with E-state index < -0.39 is 6.61 Å². The number of nitrogens with zero attached hydrogens (tertiary/aromatic N) is 1. The minimum Gasteiger partial charge on any atom is -0.389 e. The van der Waals surface area contributed by atoms with Crippen molar-refractivity contribution in [2.75, 3.05) is 13.2 Å². The van der Waals surface area contributed by atoms with Crippen molar-refractivity contribution in [1.29, 1.82) is 0 Å². The zero-order valence-corrected chi connectivity index (χ0v) is 9.06. The third-order valence-electron chi connectivity index (χ3n) is 2.76. The molecule has 1 aromatic rings. The van der Waals surface area contributed by atoms with Crippen LogP contribution in [0.4, 0.5) is 0 Å². The molecule has 0 radical (unpaired) electrons. The van der Waals surface area contributed by atoms with Crippen LogP contribution < -0.4 is 0 Å². The smallest absolute Gasteiger partial charge is 0.255 e. The summed E-state index contributed by atoms with van der Waals surface area (Å²) < 4.78 is 0. The van der Waals surface area contributed by atoms with E-state index in [-0.39, 0.29) is 18.2 Å². The molecule has 1 aliphatic heterocycles. The topological polar surface area (TPSA) is 57.6 Å². The van der Waals surface area contributed by atoms with Gasteiger partial charge in [0, 0.05) is 12.1 Å². The molecule has 1 N–H and O–H groups in total. The van der Waals surface area contributed by atoms with Gasteiger partial charge in [0.15, 0.2) is 5.78 Å². The first-order valence-electron chi connectivity index (χ1n) is 5.14. The van der Waals surface area contributed by atoms with Crippen LogP contribution in [-0.2, 0) is 11.3 Å². The van der Waals surface area contributed by atoms with Gasteiger partial charge in [-0.05, 0) is 18.1 Å². The number of carbonyl (C=O) groups excluding carboxylic acids is 2. The van der Waals surface area contributed by atoms with Crippen LogP contribution >= 0.6 is 0 Å². The lowest BCUT2D eigenvalue weighted by Crippen LogP contribution is -2.31. The standard InChI is InChI=1S/C12H13NO3/c1-8-3-2-4-9-5-13(6-10(15)7-14)12(16)11(8)9/h2-4,14H,5-7H2,1H3. The highest BCUT2D eigenvalue weighted by Gasteiger charge is 2.29. The second-order valence-corrected chi connectivity index (χ2v) is 3.97. The summed E-state index contributed by atoms with van der Waals surface area (Å²) in [5, 5.41) is 8.67. The Balaban J connectivity index is 2.25. The molecule has 0 spiro atoms. The van der Waals surface area contributed by atoms with E-state index in [4.69, 9.17) is 5.11 Å². The van der Waals surface area contributed by atoms with E-state index in [1.165, 1.54) is 4.90 Å². The number of hydrogen-bond donors (Lipinski definition) is 1. The van der Waals surface area contributed by atoms with Gasteiger partial charge in [-0.15, -0.1) is 0 Å². The number of carbonyl (C=O) groups is 2. The molecule has 0 saturated heterocycles. The first-order valence-corrected chi connectivity index (χ1v) is 5.14. The van der Waals surface area contributed by atoms with Crippen molar-refractivity contribution in [1.82, 2.24) is 4.90 Å². The van der Waals surface area contributed by atoms with Crippen LogP contribution in [0, 0.1) is 6.92 Å². The van der Waals surface area contributed by atoms with Crippen LogP contribution in [0.5, 0.6) is 0 Å². The Morgan fingerprint density at radius 3 is 2.88 bits per heavy atom. The second-order valence-electron chi connectivity index (χ2n) is 3.97. The molecule has 0 bridgehead atoms. The van der Waals surface area contributed by atoms with Gasteiger partial charge in [0.05, 0.1) is 6.54 Å². The van der Waals surface area contributed by atoms with Gasteiger partial charge < -0.3 is 10.0 Å². The summed E-state index contributed by atoms with van der Waals surface area (Å²) >= 11 is 0. The Labute approximate surface area is 93.5 Å². The van der Waals surface area contributed by atoms with Crippen molar-refractivity contribution in [3.8, 4) is 0 Å². The molecule has 16 heavy (non-hydrogen) atoms. The number of fused-ring (bicyclic) bond motifs is 1. The summed E-state index contributed by atoms with van der Waals surface area (Å²) in [5.74, 6) is -0.450. The Kier molecular flexibility index (Phi) is 2.75. The van der Waals surface area contributed by atoms with E-state index in [2.05, 4.69) is 0 Å². The van der Waals surface area contributed by atoms with E-state index >= 15 is 0 Å². The van der Waals surface area contributed by atoms with Gasteiger partial charge in [-0.2, -0.15) is 0 Å². The predicted octanol–water partition coefficient (Wildman–Crippen LogP) is 0.512. The predicted molar refractivity (Wildman–Crippen MR) is 58.0 cm³/mol. The zero-order chi connectivity index (χ0) is 11.7. The first-order chi connectivity index (χ1) is 7.63. The number of rotatable bonds is 3. The van der Waals surface area contributed by atoms with Gasteiger partial charge >= 0.3 is 0 Å². The average Bonchev–Trinajstić information content (AvgIpc) is 2.57. The van der Waals surface area contributed by atoms with Crippen LogP contribution in [0.1, 0.15) is 21.5 Å². The van der Waals surface area contributed by atoms with Gasteiger partial charge in [0.25, 0.3) is 5.91 Å². The first kappa shape index (κ1) is 10.8. The number of Topliss-reactive ketones (excluding diaryl/α,β-unsaturated/α-hetero) is 1. The molecule has 0 unspecified atom stereocenters. The SMILES string of the molecule is Cc1cccc2c1C(=O)N(CC(=O)CO)C2. The third-order valence-corrected chi connectivity index (χ3v) is 2.76. The lowest BCUT2D eigenvalue weighted by molar-refractivity contribution is -0.122. The Morgan fingerprint density at radius 1 is 1.50 bits per heavy atom. The number of benzene rings is 1. The fourth-order valence-corrected chi connectivity index (χ4v) is 1.99. The minimum atomic E-state index is -0.515. The number of aryl methyl sites for hydroxylation is 1. The molecule has 4 heteroatoms. The number of ketones is 1. The monoisotopic (exact) mass is 219 g/mol. The highest BCUT2D eigenvalue weighted by Crippen LogP contribution is 2.25. The van der Waals surface area contributed by atoms with E-state index in [0.717, 1.165) is 11.1 Å². The zero-order valence-electron chi connectivity index (χ0n) is 9.06. The Morgan fingerprint density at radius 2 is 2.25 bits per heavy atom. The van der Waals surface area contributed by atoms with Gasteiger partial charge in [0.2, 0.25) is 0 Å². The maximum Gasteiger partial charge on any atom is 0.255 e. The minimum absolute atomic E-state index is 0.0105. The summed E-state index contributed by atoms with van der Waals surface area (Å²) in [6.07, 6.45) is 0. The summed E-state index contributed by atoms with van der Waals surface area (Å²) in [4.78, 5) is 24.5. The van der Waals surface area contributed by atoms with Gasteiger partial charge in [-0.25, -0.2) is 0 Å². The molecular weight excluding hydrogens is 206 g/mol. The van der Waals surface area contributed by atoms with Crippen LogP contribution in [0.3, 0.4) is 0 Å². The molecule has 1 amide bonds.